The third kappa shape index (κ3) is 8.67. The van der Waals surface area contributed by atoms with Crippen molar-refractivity contribution in [1.29, 1.82) is 5.41 Å². The molecule has 0 aliphatic carbocycles. The molecular formula is C34H36Cl2FN7O5. The van der Waals surface area contributed by atoms with E-state index in [-0.39, 0.29) is 50.7 Å². The fraction of sp³-hybridized carbons (Fsp3) is 0.265. The van der Waals surface area contributed by atoms with Crippen molar-refractivity contribution < 1.29 is 23.8 Å². The van der Waals surface area contributed by atoms with Crippen LogP contribution in [0.4, 0.5) is 21.7 Å². The van der Waals surface area contributed by atoms with E-state index in [0.717, 1.165) is 11.6 Å². The Morgan fingerprint density at radius 3 is 2.35 bits per heavy atom. The van der Waals surface area contributed by atoms with Crippen LogP contribution in [0.1, 0.15) is 31.0 Å². The molecule has 4 aromatic rings. The number of nitrogens with one attached hydrogen (secondary N) is 3. The number of allylic oxidation sites excluding steroid dienone is 1. The monoisotopic (exact) mass is 711 g/mol. The summed E-state index contributed by atoms with van der Waals surface area (Å²) in [6.07, 6.45) is 2.93. The second-order valence-electron chi connectivity index (χ2n) is 11.4. The molecule has 258 valence electrons. The summed E-state index contributed by atoms with van der Waals surface area (Å²) < 4.78 is 27.1. The molecule has 4 N–H and O–H groups in total. The van der Waals surface area contributed by atoms with Gasteiger partial charge in [0.25, 0.3) is 5.56 Å². The van der Waals surface area contributed by atoms with Crippen LogP contribution in [0.5, 0.6) is 11.6 Å². The summed E-state index contributed by atoms with van der Waals surface area (Å²) in [5.74, 6) is -1.65. The average Bonchev–Trinajstić information content (AvgIpc) is 3.07. The molecule has 0 amide bonds. The van der Waals surface area contributed by atoms with Crippen LogP contribution in [0.2, 0.25) is 10.0 Å². The van der Waals surface area contributed by atoms with E-state index in [0.29, 0.717) is 11.7 Å². The lowest BCUT2D eigenvalue weighted by Gasteiger charge is -2.28. The standard InChI is InChI=1S/C34H36Cl2FN7O5/c1-18(2)29(41-26-15-39-34(43(3)4)42-31(26)49-6)27(28(38)33(46)47)30(20-9-12-23(36)24(37)13-20)40-25-14-21(35)17-44(32(25)45)16-19-7-10-22(48-5)11-8-19/h7-15,17-18,30,38,40-41H,16H2,1-6H3,(H,46,47)/b29-27+,38-28?. The van der Waals surface area contributed by atoms with Gasteiger partial charge in [-0.05, 0) is 47.4 Å². The van der Waals surface area contributed by atoms with Crippen LogP contribution >= 0.6 is 23.2 Å². The molecule has 0 bridgehead atoms. The number of carbonyl (C=O) groups is 1. The van der Waals surface area contributed by atoms with Crippen LogP contribution in [-0.2, 0) is 11.3 Å². The summed E-state index contributed by atoms with van der Waals surface area (Å²) in [6.45, 7) is 3.70. The Bertz CT molecular complexity index is 1950. The van der Waals surface area contributed by atoms with Gasteiger partial charge in [-0.3, -0.25) is 10.2 Å². The van der Waals surface area contributed by atoms with E-state index >= 15 is 4.39 Å². The van der Waals surface area contributed by atoms with Gasteiger partial charge in [0.05, 0.1) is 43.0 Å². The molecule has 0 fully saturated rings. The fourth-order valence-electron chi connectivity index (χ4n) is 4.95. The molecule has 2 heterocycles. The van der Waals surface area contributed by atoms with Crippen molar-refractivity contribution in [1.82, 2.24) is 14.5 Å². The van der Waals surface area contributed by atoms with E-state index in [1.807, 2.05) is 0 Å². The fourth-order valence-corrected chi connectivity index (χ4v) is 5.29. The first kappa shape index (κ1) is 36.7. The molecule has 12 nitrogen and oxygen atoms in total. The smallest absolute Gasteiger partial charge is 0.354 e. The van der Waals surface area contributed by atoms with Crippen LogP contribution in [0.3, 0.4) is 0 Å². The van der Waals surface area contributed by atoms with Gasteiger partial charge in [-0.15, -0.1) is 0 Å². The van der Waals surface area contributed by atoms with Crippen LogP contribution in [-0.4, -0.2) is 59.6 Å². The van der Waals surface area contributed by atoms with Gasteiger partial charge in [0.1, 0.15) is 28.7 Å². The zero-order valence-electron chi connectivity index (χ0n) is 27.6. The second-order valence-corrected chi connectivity index (χ2v) is 12.2. The minimum Gasteiger partial charge on any atom is -0.497 e. The molecule has 0 aliphatic heterocycles. The van der Waals surface area contributed by atoms with Crippen LogP contribution in [0.15, 0.2) is 77.0 Å². The number of rotatable bonds is 14. The van der Waals surface area contributed by atoms with Crippen molar-refractivity contribution in [3.05, 3.63) is 110 Å². The van der Waals surface area contributed by atoms with Crippen molar-refractivity contribution in [2.75, 3.05) is 43.8 Å². The minimum absolute atomic E-state index is 0.0311. The number of pyridine rings is 1. The highest BCUT2D eigenvalue weighted by atomic mass is 35.5. The van der Waals surface area contributed by atoms with Gasteiger partial charge in [0.15, 0.2) is 0 Å². The molecule has 1 unspecified atom stereocenters. The number of carboxylic acid groups (broad SMARTS) is 1. The quantitative estimate of drug-likeness (QED) is 0.107. The van der Waals surface area contributed by atoms with Crippen molar-refractivity contribution in [3.63, 3.8) is 0 Å². The van der Waals surface area contributed by atoms with Crippen molar-refractivity contribution in [2.45, 2.75) is 26.4 Å². The zero-order valence-corrected chi connectivity index (χ0v) is 29.2. The maximum absolute atomic E-state index is 15.0. The highest BCUT2D eigenvalue weighted by molar-refractivity contribution is 6.41. The predicted octanol–water partition coefficient (Wildman–Crippen LogP) is 6.50. The molecule has 0 radical (unpaired) electrons. The summed E-state index contributed by atoms with van der Waals surface area (Å²) in [5, 5.41) is 25.3. The molecular weight excluding hydrogens is 676 g/mol. The molecule has 0 saturated carbocycles. The van der Waals surface area contributed by atoms with E-state index in [9.17, 15) is 14.7 Å². The number of carboxylic acids is 1. The average molecular weight is 713 g/mol. The molecule has 4 rings (SSSR count). The largest absolute Gasteiger partial charge is 0.497 e. The van der Waals surface area contributed by atoms with Crippen LogP contribution in [0.25, 0.3) is 0 Å². The van der Waals surface area contributed by atoms with Crippen LogP contribution in [0, 0.1) is 17.1 Å². The molecule has 49 heavy (non-hydrogen) atoms. The molecule has 0 saturated heterocycles. The first-order valence-corrected chi connectivity index (χ1v) is 15.7. The molecule has 1 atom stereocenters. The molecule has 2 aromatic carbocycles. The third-order valence-electron chi connectivity index (χ3n) is 7.38. The second kappa shape index (κ2) is 15.8. The summed E-state index contributed by atoms with van der Waals surface area (Å²) in [4.78, 5) is 36.9. The number of aromatic nitrogens is 3. The van der Waals surface area contributed by atoms with Gasteiger partial charge < -0.3 is 34.7 Å². The lowest BCUT2D eigenvalue weighted by molar-refractivity contribution is -0.129. The van der Waals surface area contributed by atoms with Crippen molar-refractivity contribution in [2.24, 2.45) is 5.92 Å². The number of ether oxygens (including phenoxy) is 2. The number of nitrogens with zero attached hydrogens (tertiary/aromatic N) is 4. The maximum atomic E-state index is 15.0. The van der Waals surface area contributed by atoms with E-state index < -0.39 is 35.0 Å². The summed E-state index contributed by atoms with van der Waals surface area (Å²) in [6, 6.07) is 11.1. The number of hydrogen-bond acceptors (Lipinski definition) is 10. The topological polar surface area (TPSA) is 155 Å². The highest BCUT2D eigenvalue weighted by Crippen LogP contribution is 2.35. The molecule has 0 aliphatic rings. The van der Waals surface area contributed by atoms with Gasteiger partial charge in [0, 0.05) is 31.6 Å². The molecule has 2 aromatic heterocycles. The Balaban J connectivity index is 1.94. The SMILES string of the molecule is COc1ccc(Cn2cc(Cl)cc(NC(/C(C(=N)C(=O)O)=C(/Nc3cnc(N(C)C)nc3OC)C(C)C)c3ccc(Cl)c(F)c3)c2=O)cc1. The van der Waals surface area contributed by atoms with E-state index in [1.54, 1.807) is 64.2 Å². The molecule has 15 heteroatoms. The van der Waals surface area contributed by atoms with Gasteiger partial charge in [-0.2, -0.15) is 4.98 Å². The number of methoxy groups -OCH3 is 2. The Hall–Kier alpha value is -5.14. The van der Waals surface area contributed by atoms with Crippen molar-refractivity contribution >= 4 is 52.2 Å². The number of halogens is 3. The summed E-state index contributed by atoms with van der Waals surface area (Å²) >= 11 is 12.5. The first-order valence-electron chi connectivity index (χ1n) is 14.9. The van der Waals surface area contributed by atoms with E-state index in [2.05, 4.69) is 20.6 Å². The predicted molar refractivity (Wildman–Crippen MR) is 189 cm³/mol. The molecule has 0 spiro atoms. The Kier molecular flexibility index (Phi) is 11.9. The summed E-state index contributed by atoms with van der Waals surface area (Å²) in [7, 11) is 6.49. The summed E-state index contributed by atoms with van der Waals surface area (Å²) in [5.41, 5.74) is 0.00107. The van der Waals surface area contributed by atoms with Gasteiger partial charge in [-0.25, -0.2) is 14.2 Å². The van der Waals surface area contributed by atoms with Crippen LogP contribution < -0.4 is 30.6 Å². The zero-order chi connectivity index (χ0) is 36.0. The Morgan fingerprint density at radius 2 is 1.78 bits per heavy atom. The Morgan fingerprint density at radius 1 is 1.08 bits per heavy atom. The van der Waals surface area contributed by atoms with E-state index in [4.69, 9.17) is 38.1 Å². The van der Waals surface area contributed by atoms with Gasteiger partial charge in [0.2, 0.25) is 11.8 Å². The number of hydrogen-bond donors (Lipinski definition) is 4. The number of anilines is 3. The minimum atomic E-state index is -1.56. The van der Waals surface area contributed by atoms with Gasteiger partial charge >= 0.3 is 5.97 Å². The maximum Gasteiger partial charge on any atom is 0.354 e. The Labute approximate surface area is 292 Å². The number of benzene rings is 2. The normalized spacial score (nSPS) is 12.2. The lowest BCUT2D eigenvalue weighted by Crippen LogP contribution is -2.31. The van der Waals surface area contributed by atoms with E-state index in [1.165, 1.54) is 42.3 Å². The van der Waals surface area contributed by atoms with Crippen molar-refractivity contribution in [3.8, 4) is 11.6 Å². The first-order chi connectivity index (χ1) is 23.2. The lowest BCUT2D eigenvalue weighted by atomic mass is 9.89. The van der Waals surface area contributed by atoms with Gasteiger partial charge in [-0.1, -0.05) is 55.2 Å². The highest BCUT2D eigenvalue weighted by Gasteiger charge is 2.31. The third-order valence-corrected chi connectivity index (χ3v) is 7.90. The number of aliphatic carboxylic acids is 1.